The van der Waals surface area contributed by atoms with E-state index in [1.54, 1.807) is 0 Å². The zero-order valence-electron chi connectivity index (χ0n) is 10.3. The van der Waals surface area contributed by atoms with Crippen LogP contribution in [0.4, 0.5) is 5.69 Å². The van der Waals surface area contributed by atoms with Crippen molar-refractivity contribution in [1.29, 1.82) is 0 Å². The molecule has 0 atom stereocenters. The number of hydrogen-bond acceptors (Lipinski definition) is 2. The number of nitrogens with one attached hydrogen (secondary N) is 1. The first-order valence-electron chi connectivity index (χ1n) is 6.10. The Morgan fingerprint density at radius 2 is 1.84 bits per heavy atom. The largest absolute Gasteiger partial charge is 0.330 e. The quantitative estimate of drug-likeness (QED) is 0.707. The van der Waals surface area contributed by atoms with Crippen LogP contribution in [0.15, 0.2) is 25.6 Å². The normalized spacial score (nSPS) is 16.8. The Morgan fingerprint density at radius 1 is 1.26 bits per heavy atom. The average molecular weight is 455 g/mol. The number of nitrogens with two attached hydrogens (primary N) is 1. The molecule has 0 aliphatic heterocycles. The molecule has 0 heterocycles. The second kappa shape index (κ2) is 6.24. The molecule has 0 bridgehead atoms. The first-order valence-corrected chi connectivity index (χ1v) is 8.48. The zero-order chi connectivity index (χ0) is 14.0. The van der Waals surface area contributed by atoms with Gasteiger partial charge in [-0.05, 0) is 68.8 Å². The van der Waals surface area contributed by atoms with Gasteiger partial charge < -0.3 is 11.1 Å². The summed E-state index contributed by atoms with van der Waals surface area (Å²) in [6.45, 7) is 0.586. The standard InChI is InChI=1S/C13H15Br3N2O/c14-8-4-9(15)12(10(16)5-8)18-11(19)6-13(7-17)2-1-3-13/h4-5H,1-3,6-7,17H2,(H,18,19). The molecule has 0 radical (unpaired) electrons. The van der Waals surface area contributed by atoms with Gasteiger partial charge in [0.25, 0.3) is 0 Å². The second-order valence-electron chi connectivity index (χ2n) is 5.03. The molecule has 0 unspecified atom stereocenters. The van der Waals surface area contributed by atoms with Gasteiger partial charge in [-0.2, -0.15) is 0 Å². The third kappa shape index (κ3) is 3.60. The van der Waals surface area contributed by atoms with Crippen molar-refractivity contribution in [3.05, 3.63) is 25.6 Å². The van der Waals surface area contributed by atoms with Crippen LogP contribution in [0.25, 0.3) is 0 Å². The molecular weight excluding hydrogens is 440 g/mol. The molecule has 0 aromatic heterocycles. The van der Waals surface area contributed by atoms with Crippen molar-refractivity contribution >= 4 is 59.4 Å². The van der Waals surface area contributed by atoms with Crippen molar-refractivity contribution in [1.82, 2.24) is 0 Å². The van der Waals surface area contributed by atoms with Crippen LogP contribution in [0.2, 0.25) is 0 Å². The second-order valence-corrected chi connectivity index (χ2v) is 7.65. The van der Waals surface area contributed by atoms with E-state index in [2.05, 4.69) is 53.1 Å². The molecule has 1 aromatic carbocycles. The van der Waals surface area contributed by atoms with Crippen molar-refractivity contribution in [2.45, 2.75) is 25.7 Å². The van der Waals surface area contributed by atoms with E-state index in [0.29, 0.717) is 13.0 Å². The third-order valence-corrected chi connectivity index (χ3v) is 5.36. The first kappa shape index (κ1) is 15.5. The first-order chi connectivity index (χ1) is 8.96. The van der Waals surface area contributed by atoms with Gasteiger partial charge >= 0.3 is 0 Å². The van der Waals surface area contributed by atoms with Crippen LogP contribution in [0.5, 0.6) is 0 Å². The van der Waals surface area contributed by atoms with Crippen LogP contribution in [0.1, 0.15) is 25.7 Å². The minimum Gasteiger partial charge on any atom is -0.330 e. The number of carbonyl (C=O) groups is 1. The van der Waals surface area contributed by atoms with E-state index in [9.17, 15) is 4.79 Å². The number of halogens is 3. The van der Waals surface area contributed by atoms with E-state index in [0.717, 1.165) is 31.9 Å². The number of amides is 1. The van der Waals surface area contributed by atoms with E-state index in [4.69, 9.17) is 5.73 Å². The Hall–Kier alpha value is 0.0900. The molecule has 1 fully saturated rings. The highest BCUT2D eigenvalue weighted by Gasteiger charge is 2.37. The molecule has 2 rings (SSSR count). The highest BCUT2D eigenvalue weighted by atomic mass is 79.9. The third-order valence-electron chi connectivity index (χ3n) is 3.65. The van der Waals surface area contributed by atoms with Crippen LogP contribution in [0, 0.1) is 5.41 Å². The van der Waals surface area contributed by atoms with Crippen molar-refractivity contribution in [3.63, 3.8) is 0 Å². The molecule has 104 valence electrons. The van der Waals surface area contributed by atoms with Crippen LogP contribution >= 0.6 is 47.8 Å². The number of anilines is 1. The summed E-state index contributed by atoms with van der Waals surface area (Å²) in [5, 5.41) is 2.95. The fraction of sp³-hybridized carbons (Fsp3) is 0.462. The molecule has 1 saturated carbocycles. The summed E-state index contributed by atoms with van der Waals surface area (Å²) in [6.07, 6.45) is 3.79. The van der Waals surface area contributed by atoms with Gasteiger partial charge in [-0.3, -0.25) is 4.79 Å². The fourth-order valence-corrected chi connectivity index (χ4v) is 4.77. The van der Waals surface area contributed by atoms with Gasteiger partial charge in [-0.1, -0.05) is 22.4 Å². The van der Waals surface area contributed by atoms with Gasteiger partial charge in [0, 0.05) is 19.8 Å². The maximum absolute atomic E-state index is 12.1. The monoisotopic (exact) mass is 452 g/mol. The smallest absolute Gasteiger partial charge is 0.225 e. The summed E-state index contributed by atoms with van der Waals surface area (Å²) >= 11 is 10.3. The van der Waals surface area contributed by atoms with Crippen LogP contribution in [0.3, 0.4) is 0 Å². The Labute approximate surface area is 138 Å². The Balaban J connectivity index is 2.07. The van der Waals surface area contributed by atoms with E-state index in [1.165, 1.54) is 6.42 Å². The minimum atomic E-state index is 0.0221. The number of carbonyl (C=O) groups excluding carboxylic acids is 1. The molecule has 0 spiro atoms. The molecule has 6 heteroatoms. The molecule has 1 aromatic rings. The van der Waals surface area contributed by atoms with Crippen LogP contribution < -0.4 is 11.1 Å². The maximum atomic E-state index is 12.1. The Morgan fingerprint density at radius 3 is 2.26 bits per heavy atom. The molecule has 0 saturated heterocycles. The van der Waals surface area contributed by atoms with Crippen molar-refractivity contribution in [3.8, 4) is 0 Å². The summed E-state index contributed by atoms with van der Waals surface area (Å²) in [5.41, 5.74) is 6.58. The lowest BCUT2D eigenvalue weighted by Crippen LogP contribution is -2.40. The van der Waals surface area contributed by atoms with Crippen LogP contribution in [-0.4, -0.2) is 12.5 Å². The van der Waals surface area contributed by atoms with Crippen LogP contribution in [-0.2, 0) is 4.79 Å². The van der Waals surface area contributed by atoms with E-state index >= 15 is 0 Å². The molecule has 1 aliphatic carbocycles. The molecule has 1 aliphatic rings. The lowest BCUT2D eigenvalue weighted by atomic mass is 9.66. The van der Waals surface area contributed by atoms with Gasteiger partial charge in [-0.25, -0.2) is 0 Å². The van der Waals surface area contributed by atoms with Crippen molar-refractivity contribution in [2.24, 2.45) is 11.1 Å². The minimum absolute atomic E-state index is 0.0221. The predicted molar refractivity (Wildman–Crippen MR) is 88.1 cm³/mol. The molecular formula is C13H15Br3N2O. The van der Waals surface area contributed by atoms with E-state index in [-0.39, 0.29) is 11.3 Å². The van der Waals surface area contributed by atoms with E-state index < -0.39 is 0 Å². The van der Waals surface area contributed by atoms with E-state index in [1.807, 2.05) is 12.1 Å². The summed E-state index contributed by atoms with van der Waals surface area (Å²) in [5.74, 6) is 0.0221. The highest BCUT2D eigenvalue weighted by Crippen LogP contribution is 2.43. The molecule has 19 heavy (non-hydrogen) atoms. The van der Waals surface area contributed by atoms with Gasteiger partial charge in [0.05, 0.1) is 5.69 Å². The highest BCUT2D eigenvalue weighted by molar-refractivity contribution is 9.11. The topological polar surface area (TPSA) is 55.1 Å². The average Bonchev–Trinajstić information content (AvgIpc) is 2.28. The van der Waals surface area contributed by atoms with Gasteiger partial charge in [0.1, 0.15) is 0 Å². The Bertz CT molecular complexity index is 472. The maximum Gasteiger partial charge on any atom is 0.225 e. The van der Waals surface area contributed by atoms with Gasteiger partial charge in [0.15, 0.2) is 0 Å². The molecule has 3 nitrogen and oxygen atoms in total. The molecule has 1 amide bonds. The summed E-state index contributed by atoms with van der Waals surface area (Å²) in [7, 11) is 0. The molecule has 3 N–H and O–H groups in total. The lowest BCUT2D eigenvalue weighted by Gasteiger charge is -2.40. The number of rotatable bonds is 4. The Kier molecular flexibility index (Phi) is 5.09. The summed E-state index contributed by atoms with van der Waals surface area (Å²) < 4.78 is 2.64. The van der Waals surface area contributed by atoms with Crippen molar-refractivity contribution in [2.75, 3.05) is 11.9 Å². The number of hydrogen-bond donors (Lipinski definition) is 2. The van der Waals surface area contributed by atoms with Gasteiger partial charge in [0.2, 0.25) is 5.91 Å². The van der Waals surface area contributed by atoms with Crippen molar-refractivity contribution < 1.29 is 4.79 Å². The zero-order valence-corrected chi connectivity index (χ0v) is 15.1. The van der Waals surface area contributed by atoms with Gasteiger partial charge in [-0.15, -0.1) is 0 Å². The predicted octanol–water partition coefficient (Wildman–Crippen LogP) is 4.43. The summed E-state index contributed by atoms with van der Waals surface area (Å²) in [6, 6.07) is 3.81. The lowest BCUT2D eigenvalue weighted by molar-refractivity contribution is -0.119. The SMILES string of the molecule is NCC1(CC(=O)Nc2c(Br)cc(Br)cc2Br)CCC1. The fourth-order valence-electron chi connectivity index (χ4n) is 2.32. The number of benzene rings is 1. The summed E-state index contributed by atoms with van der Waals surface area (Å²) in [4.78, 5) is 12.1.